The Labute approximate surface area is 77.7 Å². The van der Waals surface area contributed by atoms with Crippen LogP contribution in [0.3, 0.4) is 0 Å². The predicted molar refractivity (Wildman–Crippen MR) is 39.7 cm³/mol. The van der Waals surface area contributed by atoms with Gasteiger partial charge in [0, 0.05) is 4.91 Å². The molecule has 2 rings (SSSR count). The zero-order valence-electron chi connectivity index (χ0n) is 6.85. The molecule has 2 fully saturated rings. The molecule has 14 heavy (non-hydrogen) atoms. The SMILES string of the molecule is [N-]=[N+]=N[C@H]1C(=O)O[C@H]2[C@@H]1OC(O)[C@@H]2O. The van der Waals surface area contributed by atoms with E-state index in [1.165, 1.54) is 0 Å². The van der Waals surface area contributed by atoms with Gasteiger partial charge in [0.2, 0.25) is 0 Å². The third-order valence-corrected chi connectivity index (χ3v) is 2.23. The summed E-state index contributed by atoms with van der Waals surface area (Å²) in [5.74, 6) is -0.747. The Morgan fingerprint density at radius 1 is 1.43 bits per heavy atom. The van der Waals surface area contributed by atoms with Crippen LogP contribution in [0.4, 0.5) is 0 Å². The van der Waals surface area contributed by atoms with E-state index in [-0.39, 0.29) is 0 Å². The normalized spacial score (nSPS) is 45.6. The number of fused-ring (bicyclic) bond motifs is 1. The van der Waals surface area contributed by atoms with Crippen LogP contribution in [0.2, 0.25) is 0 Å². The number of ether oxygens (including phenoxy) is 2. The highest BCUT2D eigenvalue weighted by atomic mass is 16.7. The van der Waals surface area contributed by atoms with Crippen LogP contribution in [0.1, 0.15) is 0 Å². The van der Waals surface area contributed by atoms with Crippen molar-refractivity contribution in [2.45, 2.75) is 30.6 Å². The summed E-state index contributed by atoms with van der Waals surface area (Å²) in [7, 11) is 0. The summed E-state index contributed by atoms with van der Waals surface area (Å²) in [5.41, 5.74) is 8.17. The number of esters is 1. The number of nitrogens with zero attached hydrogens (tertiary/aromatic N) is 3. The molecule has 0 aromatic heterocycles. The quantitative estimate of drug-likeness (QED) is 0.235. The number of carbonyl (C=O) groups excluding carboxylic acids is 1. The molecular weight excluding hydrogens is 194 g/mol. The van der Waals surface area contributed by atoms with Gasteiger partial charge in [-0.05, 0) is 5.53 Å². The second kappa shape index (κ2) is 3.10. The third-order valence-electron chi connectivity index (χ3n) is 2.23. The second-order valence-electron chi connectivity index (χ2n) is 3.03. The molecule has 0 aromatic rings. The first-order chi connectivity index (χ1) is 6.65. The predicted octanol–water partition coefficient (Wildman–Crippen LogP) is -1.33. The smallest absolute Gasteiger partial charge is 0.318 e. The van der Waals surface area contributed by atoms with Crippen LogP contribution < -0.4 is 0 Å². The van der Waals surface area contributed by atoms with Crippen molar-refractivity contribution in [3.05, 3.63) is 10.4 Å². The van der Waals surface area contributed by atoms with Crippen LogP contribution in [-0.4, -0.2) is 46.8 Å². The Hall–Kier alpha value is -1.34. The van der Waals surface area contributed by atoms with Gasteiger partial charge in [-0.15, -0.1) is 0 Å². The summed E-state index contributed by atoms with van der Waals surface area (Å²) in [6.07, 6.45) is -4.55. The van der Waals surface area contributed by atoms with Gasteiger partial charge in [-0.3, -0.25) is 4.79 Å². The highest BCUT2D eigenvalue weighted by Gasteiger charge is 2.56. The van der Waals surface area contributed by atoms with Crippen LogP contribution in [0.25, 0.3) is 10.4 Å². The van der Waals surface area contributed by atoms with Crippen molar-refractivity contribution >= 4 is 5.97 Å². The average Bonchev–Trinajstić information content (AvgIpc) is 2.57. The molecule has 0 bridgehead atoms. The van der Waals surface area contributed by atoms with Crippen molar-refractivity contribution < 1.29 is 24.5 Å². The maximum absolute atomic E-state index is 11.1. The lowest BCUT2D eigenvalue weighted by Crippen LogP contribution is -2.31. The largest absolute Gasteiger partial charge is 0.456 e. The molecule has 2 heterocycles. The first-order valence-corrected chi connectivity index (χ1v) is 3.91. The Kier molecular flexibility index (Phi) is 2.05. The minimum Gasteiger partial charge on any atom is -0.456 e. The standard InChI is InChI=1S/C6H7N3O5/c7-9-8-1-3-4(14-5(1)11)2(10)6(12)13-3/h1-4,6,10,12H/t1-,2-,3-,4-,6?/m1/s1. The maximum atomic E-state index is 11.1. The van der Waals surface area contributed by atoms with E-state index in [0.717, 1.165) is 0 Å². The van der Waals surface area contributed by atoms with Crippen molar-refractivity contribution in [3.8, 4) is 0 Å². The first-order valence-electron chi connectivity index (χ1n) is 3.91. The van der Waals surface area contributed by atoms with Gasteiger partial charge >= 0.3 is 5.97 Å². The summed E-state index contributed by atoms with van der Waals surface area (Å²) in [4.78, 5) is 13.5. The fraction of sp³-hybridized carbons (Fsp3) is 0.833. The topological polar surface area (TPSA) is 125 Å². The number of hydrogen-bond acceptors (Lipinski definition) is 6. The van der Waals surface area contributed by atoms with E-state index in [1.54, 1.807) is 0 Å². The van der Waals surface area contributed by atoms with E-state index in [4.69, 9.17) is 20.1 Å². The molecule has 0 aromatic carbocycles. The first kappa shape index (κ1) is 9.22. The summed E-state index contributed by atoms with van der Waals surface area (Å²) >= 11 is 0. The molecule has 2 aliphatic rings. The van der Waals surface area contributed by atoms with E-state index < -0.39 is 36.6 Å². The Bertz CT molecular complexity index is 315. The van der Waals surface area contributed by atoms with E-state index in [2.05, 4.69) is 10.0 Å². The summed E-state index contributed by atoms with van der Waals surface area (Å²) in [5, 5.41) is 21.5. The maximum Gasteiger partial charge on any atom is 0.318 e. The zero-order chi connectivity index (χ0) is 10.3. The van der Waals surface area contributed by atoms with Crippen LogP contribution in [0.5, 0.6) is 0 Å². The van der Waals surface area contributed by atoms with E-state index in [9.17, 15) is 9.90 Å². The monoisotopic (exact) mass is 201 g/mol. The lowest BCUT2D eigenvalue weighted by molar-refractivity contribution is -0.157. The number of hydrogen-bond donors (Lipinski definition) is 2. The molecule has 0 amide bonds. The van der Waals surface area contributed by atoms with Crippen molar-refractivity contribution in [2.75, 3.05) is 0 Å². The molecular formula is C6H7N3O5. The van der Waals surface area contributed by atoms with Gasteiger partial charge in [0.1, 0.15) is 12.2 Å². The molecule has 76 valence electrons. The van der Waals surface area contributed by atoms with Gasteiger partial charge in [-0.1, -0.05) is 5.11 Å². The molecule has 2 N–H and O–H groups in total. The second-order valence-corrected chi connectivity index (χ2v) is 3.03. The molecule has 0 radical (unpaired) electrons. The lowest BCUT2D eigenvalue weighted by atomic mass is 10.1. The average molecular weight is 201 g/mol. The minimum absolute atomic E-state index is 0.747. The number of rotatable bonds is 1. The highest BCUT2D eigenvalue weighted by molar-refractivity contribution is 5.79. The van der Waals surface area contributed by atoms with Gasteiger partial charge in [0.15, 0.2) is 18.4 Å². The van der Waals surface area contributed by atoms with Gasteiger partial charge in [0.25, 0.3) is 0 Å². The minimum atomic E-state index is -1.41. The van der Waals surface area contributed by atoms with Crippen LogP contribution in [-0.2, 0) is 14.3 Å². The lowest BCUT2D eigenvalue weighted by Gasteiger charge is -2.10. The van der Waals surface area contributed by atoms with Gasteiger partial charge in [0.05, 0.1) is 0 Å². The molecule has 2 saturated heterocycles. The van der Waals surface area contributed by atoms with Gasteiger partial charge in [-0.2, -0.15) is 0 Å². The molecule has 0 saturated carbocycles. The van der Waals surface area contributed by atoms with Gasteiger partial charge in [-0.25, -0.2) is 0 Å². The van der Waals surface area contributed by atoms with Crippen LogP contribution >= 0.6 is 0 Å². The number of aliphatic hydroxyl groups is 2. The van der Waals surface area contributed by atoms with Crippen molar-refractivity contribution in [1.29, 1.82) is 0 Å². The van der Waals surface area contributed by atoms with Crippen molar-refractivity contribution in [2.24, 2.45) is 5.11 Å². The molecule has 8 nitrogen and oxygen atoms in total. The molecule has 2 aliphatic heterocycles. The molecule has 1 unspecified atom stereocenters. The molecule has 5 atom stereocenters. The fourth-order valence-electron chi connectivity index (χ4n) is 1.57. The fourth-order valence-corrected chi connectivity index (χ4v) is 1.57. The Morgan fingerprint density at radius 2 is 2.14 bits per heavy atom. The Morgan fingerprint density at radius 3 is 2.79 bits per heavy atom. The van der Waals surface area contributed by atoms with Crippen molar-refractivity contribution in [1.82, 2.24) is 0 Å². The summed E-state index contributed by atoms with van der Waals surface area (Å²) in [6.45, 7) is 0. The van der Waals surface area contributed by atoms with E-state index in [1.807, 2.05) is 0 Å². The molecule has 0 aliphatic carbocycles. The highest BCUT2D eigenvalue weighted by Crippen LogP contribution is 2.32. The summed E-state index contributed by atoms with van der Waals surface area (Å²) in [6, 6.07) is -1.13. The zero-order valence-corrected chi connectivity index (χ0v) is 6.85. The molecule has 8 heteroatoms. The third kappa shape index (κ3) is 1.13. The van der Waals surface area contributed by atoms with Crippen molar-refractivity contribution in [3.63, 3.8) is 0 Å². The van der Waals surface area contributed by atoms with Crippen LogP contribution in [0, 0.1) is 0 Å². The number of azide groups is 1. The van der Waals surface area contributed by atoms with E-state index >= 15 is 0 Å². The number of carbonyl (C=O) groups is 1. The summed E-state index contributed by atoms with van der Waals surface area (Å²) < 4.78 is 9.52. The van der Waals surface area contributed by atoms with Crippen LogP contribution in [0.15, 0.2) is 5.11 Å². The number of aliphatic hydroxyl groups excluding tert-OH is 2. The molecule has 0 spiro atoms. The van der Waals surface area contributed by atoms with E-state index in [0.29, 0.717) is 0 Å². The Balaban J connectivity index is 2.23. The van der Waals surface area contributed by atoms with Gasteiger partial charge < -0.3 is 19.7 Å².